The number of carbonyl (C=O) groups is 2. The van der Waals surface area contributed by atoms with Gasteiger partial charge in [-0.3, -0.25) is 9.59 Å². The van der Waals surface area contributed by atoms with E-state index in [1.54, 1.807) is 7.11 Å². The minimum Gasteiger partial charge on any atom is -0.497 e. The summed E-state index contributed by atoms with van der Waals surface area (Å²) in [7, 11) is 1.59. The van der Waals surface area contributed by atoms with E-state index < -0.39 is 11.9 Å². The summed E-state index contributed by atoms with van der Waals surface area (Å²) < 4.78 is 5.12. The van der Waals surface area contributed by atoms with Crippen molar-refractivity contribution in [3.63, 3.8) is 0 Å². The molecule has 0 saturated heterocycles. The molecule has 0 aliphatic rings. The minimum absolute atomic E-state index is 0.192. The van der Waals surface area contributed by atoms with Gasteiger partial charge in [-0.25, -0.2) is 0 Å². The molecule has 0 aromatic heterocycles. The molecule has 0 aliphatic carbocycles. The van der Waals surface area contributed by atoms with E-state index in [9.17, 15) is 9.59 Å². The highest BCUT2D eigenvalue weighted by Gasteiger charge is 2.19. The van der Waals surface area contributed by atoms with Gasteiger partial charge < -0.3 is 15.8 Å². The number of nitrogens with one attached hydrogen (secondary N) is 1. The zero-order valence-corrected chi connectivity index (χ0v) is 15.1. The van der Waals surface area contributed by atoms with Gasteiger partial charge in [-0.05, 0) is 34.0 Å². The molecule has 5 heteroatoms. The number of hydrogen-bond acceptors (Lipinski definition) is 3. The molecular formula is C22H22N2O3. The van der Waals surface area contributed by atoms with E-state index in [4.69, 9.17) is 10.5 Å². The molecule has 0 spiro atoms. The van der Waals surface area contributed by atoms with Crippen LogP contribution in [-0.2, 0) is 22.4 Å². The van der Waals surface area contributed by atoms with Crippen molar-refractivity contribution in [2.45, 2.75) is 18.9 Å². The van der Waals surface area contributed by atoms with Crippen LogP contribution in [0.1, 0.15) is 11.1 Å². The normalized spacial score (nSPS) is 11.7. The molecule has 3 N–H and O–H groups in total. The SMILES string of the molecule is COc1ccc(C[C@@H](NC(=O)Cc2ccc3ccccc3c2)C(N)=O)cc1. The maximum atomic E-state index is 12.4. The van der Waals surface area contributed by atoms with E-state index in [-0.39, 0.29) is 12.3 Å². The van der Waals surface area contributed by atoms with Crippen molar-refractivity contribution in [2.24, 2.45) is 5.73 Å². The highest BCUT2D eigenvalue weighted by Crippen LogP contribution is 2.16. The minimum atomic E-state index is -0.758. The van der Waals surface area contributed by atoms with Gasteiger partial charge in [0.1, 0.15) is 11.8 Å². The highest BCUT2D eigenvalue weighted by atomic mass is 16.5. The number of nitrogens with two attached hydrogens (primary N) is 1. The maximum Gasteiger partial charge on any atom is 0.240 e. The zero-order valence-electron chi connectivity index (χ0n) is 15.1. The molecule has 138 valence electrons. The molecular weight excluding hydrogens is 340 g/mol. The molecule has 0 radical (unpaired) electrons. The van der Waals surface area contributed by atoms with Gasteiger partial charge in [0.15, 0.2) is 0 Å². The number of methoxy groups -OCH3 is 1. The molecule has 2 amide bonds. The Labute approximate surface area is 158 Å². The summed E-state index contributed by atoms with van der Waals surface area (Å²) >= 11 is 0. The fourth-order valence-electron chi connectivity index (χ4n) is 3.00. The summed E-state index contributed by atoms with van der Waals surface area (Å²) in [5.74, 6) is -0.0602. The van der Waals surface area contributed by atoms with Crippen molar-refractivity contribution in [2.75, 3.05) is 7.11 Å². The fraction of sp³-hybridized carbons (Fsp3) is 0.182. The molecule has 27 heavy (non-hydrogen) atoms. The largest absolute Gasteiger partial charge is 0.497 e. The van der Waals surface area contributed by atoms with Gasteiger partial charge in [-0.1, -0.05) is 54.6 Å². The molecule has 0 heterocycles. The predicted octanol–water partition coefficient (Wildman–Crippen LogP) is 2.60. The Morgan fingerprint density at radius 2 is 1.63 bits per heavy atom. The number of benzene rings is 3. The van der Waals surface area contributed by atoms with Gasteiger partial charge in [-0.15, -0.1) is 0 Å². The predicted molar refractivity (Wildman–Crippen MR) is 105 cm³/mol. The third kappa shape index (κ3) is 4.85. The number of primary amides is 1. The Morgan fingerprint density at radius 1 is 0.963 bits per heavy atom. The van der Waals surface area contributed by atoms with Crippen LogP contribution >= 0.6 is 0 Å². The van der Waals surface area contributed by atoms with Crippen molar-refractivity contribution in [3.05, 3.63) is 77.9 Å². The Balaban J connectivity index is 1.65. The summed E-state index contributed by atoms with van der Waals surface area (Å²) in [4.78, 5) is 24.2. The van der Waals surface area contributed by atoms with Crippen molar-refractivity contribution in [3.8, 4) is 5.75 Å². The number of fused-ring (bicyclic) bond motifs is 1. The van der Waals surface area contributed by atoms with Crippen LogP contribution in [0.2, 0.25) is 0 Å². The Morgan fingerprint density at radius 3 is 2.30 bits per heavy atom. The van der Waals surface area contributed by atoms with Gasteiger partial charge in [0.25, 0.3) is 0 Å². The van der Waals surface area contributed by atoms with Crippen LogP contribution < -0.4 is 15.8 Å². The topological polar surface area (TPSA) is 81.4 Å². The third-order valence-corrected chi connectivity index (χ3v) is 4.46. The van der Waals surface area contributed by atoms with Crippen molar-refractivity contribution in [1.29, 1.82) is 0 Å². The fourth-order valence-corrected chi connectivity index (χ4v) is 3.00. The lowest BCUT2D eigenvalue weighted by molar-refractivity contribution is -0.127. The van der Waals surface area contributed by atoms with Gasteiger partial charge in [0, 0.05) is 6.42 Å². The molecule has 0 bridgehead atoms. The summed E-state index contributed by atoms with van der Waals surface area (Å²) in [5.41, 5.74) is 7.26. The number of ether oxygens (including phenoxy) is 1. The number of carbonyl (C=O) groups excluding carboxylic acids is 2. The van der Waals surface area contributed by atoms with Gasteiger partial charge >= 0.3 is 0 Å². The maximum absolute atomic E-state index is 12.4. The van der Waals surface area contributed by atoms with Crippen LogP contribution in [0.5, 0.6) is 5.75 Å². The van der Waals surface area contributed by atoms with E-state index in [1.807, 2.05) is 66.7 Å². The van der Waals surface area contributed by atoms with Crippen LogP contribution in [0.4, 0.5) is 0 Å². The molecule has 0 saturated carbocycles. The summed E-state index contributed by atoms with van der Waals surface area (Å²) in [6.45, 7) is 0. The van der Waals surface area contributed by atoms with Crippen LogP contribution in [0, 0.1) is 0 Å². The first kappa shape index (κ1) is 18.5. The summed E-state index contributed by atoms with van der Waals surface area (Å²) in [6, 6.07) is 20.4. The standard InChI is InChI=1S/C22H22N2O3/c1-27-19-10-7-15(8-11-19)13-20(22(23)26)24-21(25)14-16-6-9-17-4-2-3-5-18(17)12-16/h2-12,20H,13-14H2,1H3,(H2,23,26)(H,24,25)/t20-/m1/s1. The molecule has 5 nitrogen and oxygen atoms in total. The van der Waals surface area contributed by atoms with Crippen molar-refractivity contribution >= 4 is 22.6 Å². The monoisotopic (exact) mass is 362 g/mol. The van der Waals surface area contributed by atoms with Crippen molar-refractivity contribution in [1.82, 2.24) is 5.32 Å². The van der Waals surface area contributed by atoms with Crippen molar-refractivity contribution < 1.29 is 14.3 Å². The quantitative estimate of drug-likeness (QED) is 0.678. The smallest absolute Gasteiger partial charge is 0.240 e. The van der Waals surface area contributed by atoms with E-state index in [2.05, 4.69) is 5.32 Å². The van der Waals surface area contributed by atoms with Gasteiger partial charge in [0.2, 0.25) is 11.8 Å². The van der Waals surface area contributed by atoms with Crippen LogP contribution in [-0.4, -0.2) is 25.0 Å². The summed E-state index contributed by atoms with van der Waals surface area (Å²) in [6.07, 6.45) is 0.528. The molecule has 0 aliphatic heterocycles. The van der Waals surface area contributed by atoms with Crippen LogP contribution in [0.3, 0.4) is 0 Å². The molecule has 3 rings (SSSR count). The second-order valence-corrected chi connectivity index (χ2v) is 6.43. The Hall–Kier alpha value is -3.34. The van der Waals surface area contributed by atoms with Crippen LogP contribution in [0.25, 0.3) is 10.8 Å². The second-order valence-electron chi connectivity index (χ2n) is 6.43. The first-order valence-electron chi connectivity index (χ1n) is 8.74. The van der Waals surface area contributed by atoms with E-state index in [0.717, 1.165) is 27.6 Å². The van der Waals surface area contributed by atoms with E-state index in [1.165, 1.54) is 0 Å². The average Bonchev–Trinajstić information content (AvgIpc) is 2.68. The Kier molecular flexibility index (Phi) is 5.71. The molecule has 1 atom stereocenters. The lowest BCUT2D eigenvalue weighted by Gasteiger charge is -2.16. The average molecular weight is 362 g/mol. The van der Waals surface area contributed by atoms with Crippen LogP contribution in [0.15, 0.2) is 66.7 Å². The second kappa shape index (κ2) is 8.36. The van der Waals surface area contributed by atoms with Gasteiger partial charge in [0.05, 0.1) is 13.5 Å². The third-order valence-electron chi connectivity index (χ3n) is 4.46. The number of rotatable bonds is 7. The first-order chi connectivity index (χ1) is 13.0. The lowest BCUT2D eigenvalue weighted by atomic mass is 10.0. The lowest BCUT2D eigenvalue weighted by Crippen LogP contribution is -2.46. The summed E-state index contributed by atoms with van der Waals surface area (Å²) in [5, 5.41) is 4.94. The van der Waals surface area contributed by atoms with E-state index >= 15 is 0 Å². The van der Waals surface area contributed by atoms with E-state index in [0.29, 0.717) is 6.42 Å². The molecule has 0 fully saturated rings. The first-order valence-corrected chi connectivity index (χ1v) is 8.74. The zero-order chi connectivity index (χ0) is 19.2. The number of hydrogen-bond donors (Lipinski definition) is 2. The number of amides is 2. The molecule has 0 unspecified atom stereocenters. The molecule has 3 aromatic carbocycles. The van der Waals surface area contributed by atoms with Gasteiger partial charge in [-0.2, -0.15) is 0 Å². The molecule has 3 aromatic rings. The highest BCUT2D eigenvalue weighted by molar-refractivity contribution is 5.89. The Bertz CT molecular complexity index is 951.